The molecule has 2 unspecified atom stereocenters. The summed E-state index contributed by atoms with van der Waals surface area (Å²) in [5.41, 5.74) is 2.09. The maximum absolute atomic E-state index is 12.9. The monoisotopic (exact) mass is 440 g/mol. The number of para-hydroxylation sites is 2. The molecule has 174 valence electrons. The SMILES string of the molecule is COCCN(CC1CN(Cc2ccccc2O)CC1c1ccccc1OC)C(=O)C(C)C. The van der Waals surface area contributed by atoms with E-state index in [-0.39, 0.29) is 23.7 Å². The van der Waals surface area contributed by atoms with Crippen LogP contribution in [0.2, 0.25) is 0 Å². The fourth-order valence-corrected chi connectivity index (χ4v) is 4.63. The van der Waals surface area contributed by atoms with Gasteiger partial charge in [0.05, 0.1) is 13.7 Å². The summed E-state index contributed by atoms with van der Waals surface area (Å²) in [5, 5.41) is 10.3. The average molecular weight is 441 g/mol. The van der Waals surface area contributed by atoms with Gasteiger partial charge in [-0.1, -0.05) is 50.2 Å². The molecule has 0 aromatic heterocycles. The highest BCUT2D eigenvalue weighted by Gasteiger charge is 2.37. The molecule has 6 nitrogen and oxygen atoms in total. The van der Waals surface area contributed by atoms with Gasteiger partial charge in [-0.05, 0) is 23.6 Å². The fraction of sp³-hybridized carbons (Fsp3) is 0.500. The first-order valence-corrected chi connectivity index (χ1v) is 11.3. The Morgan fingerprint density at radius 3 is 2.53 bits per heavy atom. The maximum Gasteiger partial charge on any atom is 0.225 e. The fourth-order valence-electron chi connectivity index (χ4n) is 4.63. The summed E-state index contributed by atoms with van der Waals surface area (Å²) in [4.78, 5) is 17.2. The number of phenols is 1. The van der Waals surface area contributed by atoms with Crippen molar-refractivity contribution in [1.29, 1.82) is 0 Å². The molecule has 1 aliphatic heterocycles. The molecule has 2 aromatic rings. The van der Waals surface area contributed by atoms with Gasteiger partial charge < -0.3 is 19.5 Å². The highest BCUT2D eigenvalue weighted by atomic mass is 16.5. The van der Waals surface area contributed by atoms with Crippen LogP contribution in [0.5, 0.6) is 11.5 Å². The summed E-state index contributed by atoms with van der Waals surface area (Å²) in [6, 6.07) is 15.6. The summed E-state index contributed by atoms with van der Waals surface area (Å²) < 4.78 is 11.0. The molecule has 0 bridgehead atoms. The van der Waals surface area contributed by atoms with Crippen molar-refractivity contribution in [2.75, 3.05) is 47.0 Å². The van der Waals surface area contributed by atoms with Crippen molar-refractivity contribution in [2.24, 2.45) is 11.8 Å². The van der Waals surface area contributed by atoms with Gasteiger partial charge in [0.1, 0.15) is 11.5 Å². The Balaban J connectivity index is 1.86. The molecule has 1 aliphatic rings. The van der Waals surface area contributed by atoms with Crippen LogP contribution in [0.3, 0.4) is 0 Å². The van der Waals surface area contributed by atoms with E-state index in [2.05, 4.69) is 11.0 Å². The number of methoxy groups -OCH3 is 2. The van der Waals surface area contributed by atoms with Crippen molar-refractivity contribution in [2.45, 2.75) is 26.3 Å². The second-order valence-corrected chi connectivity index (χ2v) is 8.86. The van der Waals surface area contributed by atoms with Crippen molar-refractivity contribution in [1.82, 2.24) is 9.80 Å². The Kier molecular flexibility index (Phi) is 8.53. The largest absolute Gasteiger partial charge is 0.508 e. The number of hydrogen-bond acceptors (Lipinski definition) is 5. The van der Waals surface area contributed by atoms with E-state index in [1.807, 2.05) is 55.1 Å². The number of hydrogen-bond donors (Lipinski definition) is 1. The van der Waals surface area contributed by atoms with Crippen molar-refractivity contribution >= 4 is 5.91 Å². The Labute approximate surface area is 191 Å². The number of carbonyl (C=O) groups excluding carboxylic acids is 1. The number of ether oxygens (including phenoxy) is 2. The van der Waals surface area contributed by atoms with E-state index in [0.29, 0.717) is 32.0 Å². The number of amides is 1. The lowest BCUT2D eigenvalue weighted by Crippen LogP contribution is -2.41. The molecule has 1 N–H and O–H groups in total. The number of aromatic hydroxyl groups is 1. The molecule has 1 heterocycles. The summed E-state index contributed by atoms with van der Waals surface area (Å²) in [7, 11) is 3.37. The normalized spacial score (nSPS) is 18.8. The van der Waals surface area contributed by atoms with Crippen molar-refractivity contribution in [3.05, 3.63) is 59.7 Å². The Morgan fingerprint density at radius 2 is 1.84 bits per heavy atom. The molecular weight excluding hydrogens is 404 g/mol. The highest BCUT2D eigenvalue weighted by molar-refractivity contribution is 5.78. The van der Waals surface area contributed by atoms with Gasteiger partial charge in [0, 0.05) is 57.2 Å². The third-order valence-electron chi connectivity index (χ3n) is 6.27. The van der Waals surface area contributed by atoms with E-state index in [0.717, 1.165) is 24.4 Å². The molecule has 6 heteroatoms. The van der Waals surface area contributed by atoms with Crippen LogP contribution in [0.4, 0.5) is 0 Å². The van der Waals surface area contributed by atoms with Gasteiger partial charge >= 0.3 is 0 Å². The van der Waals surface area contributed by atoms with E-state index in [1.54, 1.807) is 20.3 Å². The topological polar surface area (TPSA) is 62.2 Å². The zero-order chi connectivity index (χ0) is 23.1. The lowest BCUT2D eigenvalue weighted by molar-refractivity contribution is -0.135. The van der Waals surface area contributed by atoms with Crippen LogP contribution in [0.15, 0.2) is 48.5 Å². The van der Waals surface area contributed by atoms with E-state index in [4.69, 9.17) is 9.47 Å². The zero-order valence-electron chi connectivity index (χ0n) is 19.7. The Morgan fingerprint density at radius 1 is 1.12 bits per heavy atom. The van der Waals surface area contributed by atoms with Crippen molar-refractivity contribution in [3.8, 4) is 11.5 Å². The first-order valence-electron chi connectivity index (χ1n) is 11.3. The van der Waals surface area contributed by atoms with Crippen LogP contribution in [0.1, 0.15) is 30.9 Å². The molecule has 3 rings (SSSR count). The molecule has 0 aliphatic carbocycles. The van der Waals surface area contributed by atoms with Crippen molar-refractivity contribution < 1.29 is 19.4 Å². The predicted octanol–water partition coefficient (Wildman–Crippen LogP) is 3.75. The van der Waals surface area contributed by atoms with E-state index in [1.165, 1.54) is 5.56 Å². The molecule has 2 atom stereocenters. The van der Waals surface area contributed by atoms with Crippen LogP contribution < -0.4 is 4.74 Å². The number of nitrogens with zero attached hydrogens (tertiary/aromatic N) is 2. The summed E-state index contributed by atoms with van der Waals surface area (Å²) in [5.74, 6) is 1.76. The van der Waals surface area contributed by atoms with Gasteiger partial charge in [-0.3, -0.25) is 9.69 Å². The summed E-state index contributed by atoms with van der Waals surface area (Å²) >= 11 is 0. The van der Waals surface area contributed by atoms with Gasteiger partial charge in [0.15, 0.2) is 0 Å². The second kappa shape index (κ2) is 11.3. The Bertz CT molecular complexity index is 886. The second-order valence-electron chi connectivity index (χ2n) is 8.86. The molecule has 1 amide bonds. The van der Waals surface area contributed by atoms with E-state index >= 15 is 0 Å². The smallest absolute Gasteiger partial charge is 0.225 e. The lowest BCUT2D eigenvalue weighted by atomic mass is 9.87. The molecule has 2 aromatic carbocycles. The van der Waals surface area contributed by atoms with Gasteiger partial charge in [0.25, 0.3) is 0 Å². The minimum atomic E-state index is -0.0599. The average Bonchev–Trinajstić information content (AvgIpc) is 3.19. The maximum atomic E-state index is 12.9. The number of phenolic OH excluding ortho intramolecular Hbond substituents is 1. The third-order valence-corrected chi connectivity index (χ3v) is 6.27. The lowest BCUT2D eigenvalue weighted by Gasteiger charge is -2.30. The molecule has 32 heavy (non-hydrogen) atoms. The molecule has 1 fully saturated rings. The molecule has 0 spiro atoms. The molecule has 1 saturated heterocycles. The molecule has 0 saturated carbocycles. The van der Waals surface area contributed by atoms with E-state index in [9.17, 15) is 9.90 Å². The minimum Gasteiger partial charge on any atom is -0.508 e. The quantitative estimate of drug-likeness (QED) is 0.610. The van der Waals surface area contributed by atoms with Crippen molar-refractivity contribution in [3.63, 3.8) is 0 Å². The standard InChI is InChI=1S/C26H36N2O4/c1-19(2)26(30)28(13-14-31-3)17-21-16-27(15-20-9-5-7-11-24(20)29)18-23(21)22-10-6-8-12-25(22)32-4/h5-12,19,21,23,29H,13-18H2,1-4H3. The van der Waals surface area contributed by atoms with Gasteiger partial charge in [-0.25, -0.2) is 0 Å². The predicted molar refractivity (Wildman–Crippen MR) is 126 cm³/mol. The number of rotatable bonds is 10. The summed E-state index contributed by atoms with van der Waals surface area (Å²) in [6.07, 6.45) is 0. The Hall–Kier alpha value is -2.57. The van der Waals surface area contributed by atoms with Crippen LogP contribution in [0.25, 0.3) is 0 Å². The van der Waals surface area contributed by atoms with Crippen LogP contribution >= 0.6 is 0 Å². The highest BCUT2D eigenvalue weighted by Crippen LogP contribution is 2.39. The van der Waals surface area contributed by atoms with Gasteiger partial charge in [-0.15, -0.1) is 0 Å². The van der Waals surface area contributed by atoms with Crippen LogP contribution in [-0.4, -0.2) is 67.8 Å². The molecule has 0 radical (unpaired) electrons. The number of carbonyl (C=O) groups is 1. The first kappa shape index (κ1) is 24.1. The molecular formula is C26H36N2O4. The van der Waals surface area contributed by atoms with Gasteiger partial charge in [0.2, 0.25) is 5.91 Å². The number of likely N-dealkylation sites (tertiary alicyclic amines) is 1. The zero-order valence-corrected chi connectivity index (χ0v) is 19.7. The summed E-state index contributed by atoms with van der Waals surface area (Å²) in [6.45, 7) is 8.01. The van der Waals surface area contributed by atoms with Crippen LogP contribution in [-0.2, 0) is 16.1 Å². The first-order chi connectivity index (χ1) is 15.4. The minimum absolute atomic E-state index is 0.0599. The third kappa shape index (κ3) is 5.81. The van der Waals surface area contributed by atoms with Gasteiger partial charge in [-0.2, -0.15) is 0 Å². The van der Waals surface area contributed by atoms with E-state index < -0.39 is 0 Å². The van der Waals surface area contributed by atoms with Crippen LogP contribution in [0, 0.1) is 11.8 Å². The number of benzene rings is 2.